The largest absolute Gasteiger partial charge is 0.390 e. The highest BCUT2D eigenvalue weighted by atomic mass is 35.5. The van der Waals surface area contributed by atoms with Crippen molar-refractivity contribution in [2.45, 2.75) is 20.0 Å². The highest BCUT2D eigenvalue weighted by Gasteiger charge is 2.09. The van der Waals surface area contributed by atoms with E-state index in [2.05, 4.69) is 24.5 Å². The molecule has 1 aromatic rings. The van der Waals surface area contributed by atoms with E-state index in [0.29, 0.717) is 22.5 Å². The molecule has 1 aromatic carbocycles. The highest BCUT2D eigenvalue weighted by molar-refractivity contribution is 6.42. The summed E-state index contributed by atoms with van der Waals surface area (Å²) in [5.74, 6) is 0.694. The van der Waals surface area contributed by atoms with Gasteiger partial charge in [-0.05, 0) is 18.1 Å². The zero-order chi connectivity index (χ0) is 14.4. The van der Waals surface area contributed by atoms with Crippen molar-refractivity contribution in [3.05, 3.63) is 22.2 Å². The quantitative estimate of drug-likeness (QED) is 0.662. The Labute approximate surface area is 129 Å². The van der Waals surface area contributed by atoms with Gasteiger partial charge in [-0.15, -0.1) is 11.6 Å². The molecule has 0 aliphatic rings. The van der Waals surface area contributed by atoms with Crippen molar-refractivity contribution in [2.75, 3.05) is 29.6 Å². The van der Waals surface area contributed by atoms with Gasteiger partial charge in [0.05, 0.1) is 33.4 Å². The first kappa shape index (κ1) is 16.7. The molecule has 108 valence electrons. The Morgan fingerprint density at radius 1 is 1.05 bits per heavy atom. The summed E-state index contributed by atoms with van der Waals surface area (Å²) in [4.78, 5) is 0. The van der Waals surface area contributed by atoms with Crippen molar-refractivity contribution in [1.82, 2.24) is 0 Å². The fourth-order valence-corrected chi connectivity index (χ4v) is 1.87. The Bertz CT molecular complexity index is 413. The van der Waals surface area contributed by atoms with Crippen LogP contribution >= 0.6 is 34.8 Å². The van der Waals surface area contributed by atoms with Crippen LogP contribution in [0.15, 0.2) is 12.1 Å². The third-order valence-corrected chi connectivity index (χ3v) is 3.55. The minimum absolute atomic E-state index is 0.184. The Hall–Kier alpha value is -0.350. The second kappa shape index (κ2) is 8.05. The second-order valence-electron chi connectivity index (χ2n) is 4.78. The molecule has 0 saturated carbocycles. The van der Waals surface area contributed by atoms with Crippen molar-refractivity contribution >= 4 is 46.2 Å². The molecule has 0 aromatic heterocycles. The van der Waals surface area contributed by atoms with Crippen LogP contribution in [0.25, 0.3) is 0 Å². The lowest BCUT2D eigenvalue weighted by Crippen LogP contribution is -2.21. The molecule has 0 amide bonds. The summed E-state index contributed by atoms with van der Waals surface area (Å²) in [7, 11) is 0. The molecule has 0 radical (unpaired) electrons. The summed E-state index contributed by atoms with van der Waals surface area (Å²) in [5.41, 5.74) is 1.67. The van der Waals surface area contributed by atoms with Gasteiger partial charge >= 0.3 is 0 Å². The van der Waals surface area contributed by atoms with E-state index >= 15 is 0 Å². The first-order valence-electron chi connectivity index (χ1n) is 6.14. The average molecular weight is 326 g/mol. The topological polar surface area (TPSA) is 44.3 Å². The van der Waals surface area contributed by atoms with Gasteiger partial charge in [0.2, 0.25) is 0 Å². The number of aliphatic hydroxyl groups excluding tert-OH is 1. The summed E-state index contributed by atoms with van der Waals surface area (Å²) in [5, 5.41) is 16.9. The maximum atomic E-state index is 9.48. The van der Waals surface area contributed by atoms with Gasteiger partial charge in [-0.1, -0.05) is 37.0 Å². The molecule has 0 aliphatic carbocycles. The summed E-state index contributed by atoms with van der Waals surface area (Å²) in [6.07, 6.45) is -0.603. The van der Waals surface area contributed by atoms with Gasteiger partial charge in [0.1, 0.15) is 0 Å². The van der Waals surface area contributed by atoms with Gasteiger partial charge in [-0.3, -0.25) is 0 Å². The molecule has 1 atom stereocenters. The van der Waals surface area contributed by atoms with Crippen molar-refractivity contribution < 1.29 is 5.11 Å². The molecule has 3 nitrogen and oxygen atoms in total. The normalized spacial score (nSPS) is 12.6. The van der Waals surface area contributed by atoms with Crippen LogP contribution in [0.4, 0.5) is 11.4 Å². The number of rotatable bonds is 7. The lowest BCUT2D eigenvalue weighted by Gasteiger charge is -2.17. The molecule has 1 unspecified atom stereocenters. The van der Waals surface area contributed by atoms with Crippen LogP contribution in [0.2, 0.25) is 10.0 Å². The maximum Gasteiger partial charge on any atom is 0.0847 e. The van der Waals surface area contributed by atoms with Crippen LogP contribution in [-0.4, -0.2) is 30.2 Å². The van der Waals surface area contributed by atoms with Gasteiger partial charge < -0.3 is 15.7 Å². The average Bonchev–Trinajstić information content (AvgIpc) is 2.37. The third-order valence-electron chi connectivity index (χ3n) is 2.47. The molecule has 0 aliphatic heterocycles. The number of benzene rings is 1. The van der Waals surface area contributed by atoms with E-state index < -0.39 is 6.10 Å². The smallest absolute Gasteiger partial charge is 0.0847 e. The van der Waals surface area contributed by atoms with Crippen LogP contribution in [0.5, 0.6) is 0 Å². The lowest BCUT2D eigenvalue weighted by molar-refractivity contribution is 0.211. The minimum Gasteiger partial charge on any atom is -0.390 e. The molecule has 0 fully saturated rings. The monoisotopic (exact) mass is 324 g/mol. The highest BCUT2D eigenvalue weighted by Crippen LogP contribution is 2.32. The zero-order valence-corrected chi connectivity index (χ0v) is 13.3. The van der Waals surface area contributed by atoms with E-state index in [-0.39, 0.29) is 5.88 Å². The summed E-state index contributed by atoms with van der Waals surface area (Å²) in [6.45, 7) is 5.42. The molecule has 3 N–H and O–H groups in total. The third kappa shape index (κ3) is 5.65. The first-order valence-corrected chi connectivity index (χ1v) is 7.44. The van der Waals surface area contributed by atoms with Gasteiger partial charge in [0.25, 0.3) is 0 Å². The van der Waals surface area contributed by atoms with E-state index in [1.54, 1.807) is 12.1 Å². The Morgan fingerprint density at radius 2 is 1.53 bits per heavy atom. The fourth-order valence-electron chi connectivity index (χ4n) is 1.44. The molecule has 0 spiro atoms. The van der Waals surface area contributed by atoms with Crippen molar-refractivity contribution in [1.29, 1.82) is 0 Å². The molecule has 0 heterocycles. The summed E-state index contributed by atoms with van der Waals surface area (Å²) in [6, 6.07) is 3.52. The molecular weight excluding hydrogens is 307 g/mol. The van der Waals surface area contributed by atoms with Crippen molar-refractivity contribution in [3.8, 4) is 0 Å². The number of nitrogens with one attached hydrogen (secondary N) is 2. The van der Waals surface area contributed by atoms with Crippen LogP contribution in [-0.2, 0) is 0 Å². The van der Waals surface area contributed by atoms with Gasteiger partial charge in [-0.2, -0.15) is 0 Å². The van der Waals surface area contributed by atoms with E-state index in [0.717, 1.165) is 17.9 Å². The number of aliphatic hydroxyl groups is 1. The SMILES string of the molecule is CC(C)CNc1cc(Cl)c(Cl)cc1NCC(O)CCl. The predicted molar refractivity (Wildman–Crippen MR) is 85.0 cm³/mol. The standard InChI is InChI=1S/C13H19Cl3N2O/c1-8(2)6-17-12-3-10(15)11(16)4-13(12)18-7-9(19)5-14/h3-4,8-9,17-19H,5-7H2,1-2H3. The number of hydrogen-bond donors (Lipinski definition) is 3. The van der Waals surface area contributed by atoms with Gasteiger partial charge in [0.15, 0.2) is 0 Å². The van der Waals surface area contributed by atoms with E-state index in [1.165, 1.54) is 0 Å². The predicted octanol–water partition coefficient (Wildman–Crippen LogP) is 4.07. The lowest BCUT2D eigenvalue weighted by atomic mass is 10.2. The minimum atomic E-state index is -0.603. The number of anilines is 2. The number of hydrogen-bond acceptors (Lipinski definition) is 3. The van der Waals surface area contributed by atoms with Crippen LogP contribution in [0, 0.1) is 5.92 Å². The Morgan fingerprint density at radius 3 is 1.95 bits per heavy atom. The van der Waals surface area contributed by atoms with E-state index in [4.69, 9.17) is 34.8 Å². The molecule has 0 saturated heterocycles. The number of halogens is 3. The maximum absolute atomic E-state index is 9.48. The molecule has 1 rings (SSSR count). The van der Waals surface area contributed by atoms with Gasteiger partial charge in [-0.25, -0.2) is 0 Å². The molecule has 6 heteroatoms. The van der Waals surface area contributed by atoms with Crippen molar-refractivity contribution in [3.63, 3.8) is 0 Å². The van der Waals surface area contributed by atoms with E-state index in [1.807, 2.05) is 0 Å². The van der Waals surface area contributed by atoms with Crippen LogP contribution < -0.4 is 10.6 Å². The van der Waals surface area contributed by atoms with Crippen LogP contribution in [0.1, 0.15) is 13.8 Å². The molecule has 0 bridgehead atoms. The number of alkyl halides is 1. The summed E-state index contributed by atoms with van der Waals surface area (Å²) >= 11 is 17.6. The summed E-state index contributed by atoms with van der Waals surface area (Å²) < 4.78 is 0. The van der Waals surface area contributed by atoms with E-state index in [9.17, 15) is 5.11 Å². The fraction of sp³-hybridized carbons (Fsp3) is 0.538. The Balaban J connectivity index is 2.83. The Kier molecular flexibility index (Phi) is 7.08. The second-order valence-corrected chi connectivity index (χ2v) is 5.90. The zero-order valence-electron chi connectivity index (χ0n) is 11.0. The van der Waals surface area contributed by atoms with Gasteiger partial charge in [0, 0.05) is 13.1 Å². The molecular formula is C13H19Cl3N2O. The van der Waals surface area contributed by atoms with Crippen LogP contribution in [0.3, 0.4) is 0 Å². The first-order chi connectivity index (χ1) is 8.93. The molecule has 19 heavy (non-hydrogen) atoms. The van der Waals surface area contributed by atoms with Crippen molar-refractivity contribution in [2.24, 2.45) is 5.92 Å².